The number of aromatic nitrogens is 1. The van der Waals surface area contributed by atoms with E-state index in [9.17, 15) is 9.59 Å². The van der Waals surface area contributed by atoms with Gasteiger partial charge in [-0.1, -0.05) is 49.4 Å². The SMILES string of the molecule is CCc1ccc(-c2csc(NC(=O)CC(C)NC(=O)c3ccccc3)n2)cc1. The number of benzene rings is 2. The van der Waals surface area contributed by atoms with Crippen LogP contribution in [0.5, 0.6) is 0 Å². The van der Waals surface area contributed by atoms with Crippen molar-refractivity contribution >= 4 is 28.3 Å². The summed E-state index contributed by atoms with van der Waals surface area (Å²) in [6.07, 6.45) is 1.18. The van der Waals surface area contributed by atoms with Crippen molar-refractivity contribution in [2.45, 2.75) is 32.7 Å². The summed E-state index contributed by atoms with van der Waals surface area (Å²) in [4.78, 5) is 28.9. The molecule has 1 unspecified atom stereocenters. The fourth-order valence-electron chi connectivity index (χ4n) is 2.77. The van der Waals surface area contributed by atoms with Gasteiger partial charge in [0.2, 0.25) is 5.91 Å². The van der Waals surface area contributed by atoms with Crippen LogP contribution in [0.25, 0.3) is 11.3 Å². The number of nitrogens with one attached hydrogen (secondary N) is 2. The molecular weight excluding hydrogens is 370 g/mol. The molecule has 3 aromatic rings. The van der Waals surface area contributed by atoms with Crippen LogP contribution in [0.1, 0.15) is 36.2 Å². The summed E-state index contributed by atoms with van der Waals surface area (Å²) in [6, 6.07) is 16.9. The third kappa shape index (κ3) is 5.27. The summed E-state index contributed by atoms with van der Waals surface area (Å²) >= 11 is 1.39. The highest BCUT2D eigenvalue weighted by atomic mass is 32.1. The average Bonchev–Trinajstić information content (AvgIpc) is 3.16. The maximum absolute atomic E-state index is 12.3. The molecule has 28 heavy (non-hydrogen) atoms. The van der Waals surface area contributed by atoms with Crippen LogP contribution < -0.4 is 10.6 Å². The quantitative estimate of drug-likeness (QED) is 0.620. The number of amides is 2. The molecule has 0 fully saturated rings. The first kappa shape index (κ1) is 19.8. The van der Waals surface area contributed by atoms with Gasteiger partial charge in [-0.05, 0) is 31.0 Å². The van der Waals surface area contributed by atoms with Crippen molar-refractivity contribution in [2.24, 2.45) is 0 Å². The molecule has 0 spiro atoms. The Bertz CT molecular complexity index is 936. The number of carbonyl (C=O) groups is 2. The molecule has 0 bridgehead atoms. The van der Waals surface area contributed by atoms with Crippen LogP contribution in [0, 0.1) is 0 Å². The molecule has 2 amide bonds. The van der Waals surface area contributed by atoms with Crippen LogP contribution in [-0.2, 0) is 11.2 Å². The predicted molar refractivity (Wildman–Crippen MR) is 114 cm³/mol. The minimum absolute atomic E-state index is 0.178. The summed E-state index contributed by atoms with van der Waals surface area (Å²) in [5, 5.41) is 8.14. The first-order chi connectivity index (χ1) is 13.5. The highest BCUT2D eigenvalue weighted by Gasteiger charge is 2.14. The van der Waals surface area contributed by atoms with Crippen LogP contribution in [0.2, 0.25) is 0 Å². The lowest BCUT2D eigenvalue weighted by Gasteiger charge is -2.13. The second-order valence-electron chi connectivity index (χ2n) is 6.58. The van der Waals surface area contributed by atoms with Crippen LogP contribution in [0.4, 0.5) is 5.13 Å². The highest BCUT2D eigenvalue weighted by Crippen LogP contribution is 2.25. The molecule has 6 heteroatoms. The van der Waals surface area contributed by atoms with E-state index in [2.05, 4.69) is 34.7 Å². The molecular formula is C22H23N3O2S. The van der Waals surface area contributed by atoms with Gasteiger partial charge in [-0.3, -0.25) is 9.59 Å². The molecule has 1 aromatic heterocycles. The summed E-state index contributed by atoms with van der Waals surface area (Å²) in [7, 11) is 0. The van der Waals surface area contributed by atoms with Crippen molar-refractivity contribution in [2.75, 3.05) is 5.32 Å². The Kier molecular flexibility index (Phi) is 6.55. The zero-order chi connectivity index (χ0) is 19.9. The summed E-state index contributed by atoms with van der Waals surface area (Å²) in [5.41, 5.74) is 3.72. The standard InChI is InChI=1S/C22H23N3O2S/c1-3-16-9-11-17(12-10-16)19-14-28-22(24-19)25-20(26)13-15(2)23-21(27)18-7-5-4-6-8-18/h4-12,14-15H,3,13H2,1-2H3,(H,23,27)(H,24,25,26). The zero-order valence-corrected chi connectivity index (χ0v) is 16.8. The van der Waals surface area contributed by atoms with Gasteiger partial charge < -0.3 is 10.6 Å². The minimum atomic E-state index is -0.284. The van der Waals surface area contributed by atoms with Gasteiger partial charge in [-0.15, -0.1) is 11.3 Å². The molecule has 0 aliphatic carbocycles. The molecule has 2 N–H and O–H groups in total. The van der Waals surface area contributed by atoms with Gasteiger partial charge in [0.1, 0.15) is 0 Å². The van der Waals surface area contributed by atoms with Gasteiger partial charge >= 0.3 is 0 Å². The molecule has 0 saturated carbocycles. The van der Waals surface area contributed by atoms with Crippen LogP contribution in [0.15, 0.2) is 60.0 Å². The van der Waals surface area contributed by atoms with Crippen molar-refractivity contribution in [1.29, 1.82) is 0 Å². The van der Waals surface area contributed by atoms with Crippen molar-refractivity contribution in [3.63, 3.8) is 0 Å². The van der Waals surface area contributed by atoms with Crippen molar-refractivity contribution in [3.8, 4) is 11.3 Å². The van der Waals surface area contributed by atoms with E-state index in [1.54, 1.807) is 12.1 Å². The van der Waals surface area contributed by atoms with Gasteiger partial charge in [-0.25, -0.2) is 4.98 Å². The van der Waals surface area contributed by atoms with Crippen molar-refractivity contribution in [1.82, 2.24) is 10.3 Å². The van der Waals surface area contributed by atoms with Gasteiger partial charge in [0, 0.05) is 29.0 Å². The summed E-state index contributed by atoms with van der Waals surface area (Å²) in [5.74, 6) is -0.365. The van der Waals surface area contributed by atoms with E-state index in [0.29, 0.717) is 10.7 Å². The highest BCUT2D eigenvalue weighted by molar-refractivity contribution is 7.14. The fourth-order valence-corrected chi connectivity index (χ4v) is 3.51. The van der Waals surface area contributed by atoms with E-state index in [-0.39, 0.29) is 24.3 Å². The Hall–Kier alpha value is -2.99. The number of rotatable bonds is 7. The molecule has 0 aliphatic heterocycles. The summed E-state index contributed by atoms with van der Waals surface area (Å²) in [6.45, 7) is 3.93. The fraction of sp³-hybridized carbons (Fsp3) is 0.227. The van der Waals surface area contributed by atoms with Crippen LogP contribution in [0.3, 0.4) is 0 Å². The monoisotopic (exact) mass is 393 g/mol. The van der Waals surface area contributed by atoms with Gasteiger partial charge in [-0.2, -0.15) is 0 Å². The maximum atomic E-state index is 12.3. The lowest BCUT2D eigenvalue weighted by Crippen LogP contribution is -2.35. The van der Waals surface area contributed by atoms with Gasteiger partial charge in [0.15, 0.2) is 5.13 Å². The minimum Gasteiger partial charge on any atom is -0.349 e. The number of thiazole rings is 1. The van der Waals surface area contributed by atoms with E-state index >= 15 is 0 Å². The smallest absolute Gasteiger partial charge is 0.251 e. The van der Waals surface area contributed by atoms with Gasteiger partial charge in [0.05, 0.1) is 5.69 Å². The Morgan fingerprint density at radius 3 is 2.46 bits per heavy atom. The number of nitrogens with zero attached hydrogens (tertiary/aromatic N) is 1. The molecule has 2 aromatic carbocycles. The van der Waals surface area contributed by atoms with E-state index in [4.69, 9.17) is 0 Å². The molecule has 3 rings (SSSR count). The molecule has 0 aliphatic rings. The third-order valence-electron chi connectivity index (χ3n) is 4.31. The third-order valence-corrected chi connectivity index (χ3v) is 5.07. The van der Waals surface area contributed by atoms with Gasteiger partial charge in [0.25, 0.3) is 5.91 Å². The lowest BCUT2D eigenvalue weighted by molar-refractivity contribution is -0.116. The molecule has 5 nitrogen and oxygen atoms in total. The Morgan fingerprint density at radius 1 is 1.07 bits per heavy atom. The first-order valence-electron chi connectivity index (χ1n) is 9.25. The first-order valence-corrected chi connectivity index (χ1v) is 10.1. The predicted octanol–water partition coefficient (Wildman–Crippen LogP) is 4.52. The average molecular weight is 394 g/mol. The van der Waals surface area contributed by atoms with Crippen LogP contribution >= 0.6 is 11.3 Å². The van der Waals surface area contributed by atoms with E-state index in [1.807, 2.05) is 42.6 Å². The molecule has 0 radical (unpaired) electrons. The maximum Gasteiger partial charge on any atom is 0.251 e. The summed E-state index contributed by atoms with van der Waals surface area (Å²) < 4.78 is 0. The Labute approximate surface area is 168 Å². The number of aryl methyl sites for hydroxylation is 1. The van der Waals surface area contributed by atoms with E-state index in [1.165, 1.54) is 16.9 Å². The second-order valence-corrected chi connectivity index (χ2v) is 7.44. The topological polar surface area (TPSA) is 71.1 Å². The normalized spacial score (nSPS) is 11.6. The van der Waals surface area contributed by atoms with Crippen molar-refractivity contribution < 1.29 is 9.59 Å². The molecule has 1 heterocycles. The number of hydrogen-bond acceptors (Lipinski definition) is 4. The van der Waals surface area contributed by atoms with Crippen LogP contribution in [-0.4, -0.2) is 22.8 Å². The Morgan fingerprint density at radius 2 is 1.79 bits per heavy atom. The molecule has 144 valence electrons. The zero-order valence-electron chi connectivity index (χ0n) is 15.9. The largest absolute Gasteiger partial charge is 0.349 e. The molecule has 0 saturated heterocycles. The number of carbonyl (C=O) groups excluding carboxylic acids is 2. The molecule has 1 atom stereocenters. The second kappa shape index (κ2) is 9.28. The van der Waals surface area contributed by atoms with E-state index < -0.39 is 0 Å². The van der Waals surface area contributed by atoms with Crippen molar-refractivity contribution in [3.05, 3.63) is 71.1 Å². The number of hydrogen-bond donors (Lipinski definition) is 2. The lowest BCUT2D eigenvalue weighted by atomic mass is 10.1. The number of anilines is 1. The van der Waals surface area contributed by atoms with E-state index in [0.717, 1.165) is 17.7 Å². The Balaban J connectivity index is 1.53.